The van der Waals surface area contributed by atoms with E-state index in [2.05, 4.69) is 51.9 Å². The molecule has 3 rings (SSSR count). The monoisotopic (exact) mass is 259 g/mol. The van der Waals surface area contributed by atoms with Crippen molar-refractivity contribution in [2.75, 3.05) is 11.9 Å². The zero-order valence-electron chi connectivity index (χ0n) is 10.5. The first-order chi connectivity index (χ1) is 8.83. The number of nitrogens with zero attached hydrogens (tertiary/aromatic N) is 2. The van der Waals surface area contributed by atoms with E-state index < -0.39 is 0 Å². The van der Waals surface area contributed by atoms with E-state index in [0.717, 1.165) is 23.4 Å². The molecule has 1 aromatic carbocycles. The van der Waals surface area contributed by atoms with Crippen molar-refractivity contribution in [3.63, 3.8) is 0 Å². The molecule has 1 aliphatic carbocycles. The molecule has 1 heterocycles. The van der Waals surface area contributed by atoms with Crippen LogP contribution < -0.4 is 10.2 Å². The van der Waals surface area contributed by atoms with E-state index >= 15 is 0 Å². The van der Waals surface area contributed by atoms with Crippen molar-refractivity contribution in [2.45, 2.75) is 25.4 Å². The van der Waals surface area contributed by atoms with Crippen molar-refractivity contribution in [1.82, 2.24) is 10.3 Å². The van der Waals surface area contributed by atoms with Crippen LogP contribution in [-0.2, 0) is 6.54 Å². The molecule has 1 fully saturated rings. The van der Waals surface area contributed by atoms with E-state index in [0.29, 0.717) is 0 Å². The summed E-state index contributed by atoms with van der Waals surface area (Å²) in [5.41, 5.74) is 2.32. The van der Waals surface area contributed by atoms with E-state index in [9.17, 15) is 0 Å². The van der Waals surface area contributed by atoms with Crippen molar-refractivity contribution >= 4 is 22.2 Å². The number of benzene rings is 1. The Labute approximate surface area is 111 Å². The summed E-state index contributed by atoms with van der Waals surface area (Å²) in [6.45, 7) is 0.893. The second kappa shape index (κ2) is 5.08. The van der Waals surface area contributed by atoms with Gasteiger partial charge in [0, 0.05) is 30.7 Å². The predicted molar refractivity (Wildman–Crippen MR) is 76.5 cm³/mol. The highest BCUT2D eigenvalue weighted by Gasteiger charge is 2.20. The predicted octanol–water partition coefficient (Wildman–Crippen LogP) is 3.16. The third-order valence-electron chi connectivity index (χ3n) is 3.12. The topological polar surface area (TPSA) is 28.2 Å². The first kappa shape index (κ1) is 11.7. The Morgan fingerprint density at radius 2 is 2.11 bits per heavy atom. The second-order valence-electron chi connectivity index (χ2n) is 4.67. The van der Waals surface area contributed by atoms with Crippen LogP contribution in [0.25, 0.3) is 0 Å². The minimum absolute atomic E-state index is 0.738. The summed E-state index contributed by atoms with van der Waals surface area (Å²) in [4.78, 5) is 6.80. The molecule has 94 valence electrons. The Hall–Kier alpha value is -1.39. The van der Waals surface area contributed by atoms with Crippen LogP contribution in [0, 0.1) is 0 Å². The van der Waals surface area contributed by atoms with Crippen LogP contribution in [0.5, 0.6) is 0 Å². The van der Waals surface area contributed by atoms with Gasteiger partial charge in [-0.3, -0.25) is 0 Å². The highest BCUT2D eigenvalue weighted by molar-refractivity contribution is 7.13. The zero-order valence-corrected chi connectivity index (χ0v) is 11.3. The zero-order chi connectivity index (χ0) is 12.4. The quantitative estimate of drug-likeness (QED) is 0.894. The molecule has 0 spiro atoms. The second-order valence-corrected chi connectivity index (χ2v) is 5.51. The molecule has 1 aromatic heterocycles. The van der Waals surface area contributed by atoms with Gasteiger partial charge in [0.2, 0.25) is 0 Å². The Bertz CT molecular complexity index is 505. The minimum Gasteiger partial charge on any atom is -0.321 e. The van der Waals surface area contributed by atoms with Crippen LogP contribution in [0.1, 0.15) is 18.5 Å². The number of para-hydroxylation sites is 1. The molecule has 2 aromatic rings. The summed E-state index contributed by atoms with van der Waals surface area (Å²) < 4.78 is 0. The van der Waals surface area contributed by atoms with Gasteiger partial charge >= 0.3 is 0 Å². The molecule has 0 unspecified atom stereocenters. The third kappa shape index (κ3) is 2.71. The molecule has 0 aliphatic heterocycles. The Morgan fingerprint density at radius 1 is 1.33 bits per heavy atom. The molecule has 1 N–H and O–H groups in total. The van der Waals surface area contributed by atoms with Crippen molar-refractivity contribution in [3.05, 3.63) is 41.4 Å². The molecule has 1 saturated carbocycles. The lowest BCUT2D eigenvalue weighted by Gasteiger charge is -2.15. The summed E-state index contributed by atoms with van der Waals surface area (Å²) >= 11 is 1.70. The van der Waals surface area contributed by atoms with Crippen LogP contribution >= 0.6 is 11.3 Å². The van der Waals surface area contributed by atoms with Crippen molar-refractivity contribution in [2.24, 2.45) is 0 Å². The van der Waals surface area contributed by atoms with Crippen LogP contribution in [-0.4, -0.2) is 18.1 Å². The van der Waals surface area contributed by atoms with E-state index in [1.165, 1.54) is 18.5 Å². The maximum Gasteiger partial charge on any atom is 0.189 e. The summed E-state index contributed by atoms with van der Waals surface area (Å²) in [5, 5.41) is 6.68. The maximum atomic E-state index is 4.67. The molecule has 18 heavy (non-hydrogen) atoms. The fraction of sp³-hybridized carbons (Fsp3) is 0.357. The molecule has 4 heteroatoms. The van der Waals surface area contributed by atoms with E-state index in [-0.39, 0.29) is 0 Å². The Kier molecular flexibility index (Phi) is 3.30. The van der Waals surface area contributed by atoms with Crippen molar-refractivity contribution in [3.8, 4) is 0 Å². The molecule has 0 atom stereocenters. The van der Waals surface area contributed by atoms with E-state index in [4.69, 9.17) is 0 Å². The van der Waals surface area contributed by atoms with Gasteiger partial charge in [-0.25, -0.2) is 4.98 Å². The average molecular weight is 259 g/mol. The van der Waals surface area contributed by atoms with E-state index in [1.54, 1.807) is 11.3 Å². The van der Waals surface area contributed by atoms with Crippen molar-refractivity contribution < 1.29 is 0 Å². The first-order valence-electron chi connectivity index (χ1n) is 6.29. The number of aromatic nitrogens is 1. The first-order valence-corrected chi connectivity index (χ1v) is 7.17. The molecular weight excluding hydrogens is 242 g/mol. The molecule has 0 amide bonds. The summed E-state index contributed by atoms with van der Waals surface area (Å²) in [6, 6.07) is 11.1. The Morgan fingerprint density at radius 3 is 2.83 bits per heavy atom. The van der Waals surface area contributed by atoms with Crippen LogP contribution in [0.2, 0.25) is 0 Å². The largest absolute Gasteiger partial charge is 0.321 e. The number of rotatable bonds is 5. The third-order valence-corrected chi connectivity index (χ3v) is 4.09. The number of nitrogens with one attached hydrogen (secondary N) is 1. The lowest BCUT2D eigenvalue weighted by Crippen LogP contribution is -2.16. The molecule has 0 saturated heterocycles. The number of thiazole rings is 1. The fourth-order valence-corrected chi connectivity index (χ4v) is 2.64. The van der Waals surface area contributed by atoms with Gasteiger partial charge in [0.15, 0.2) is 5.13 Å². The molecule has 0 radical (unpaired) electrons. The molecule has 0 bridgehead atoms. The van der Waals surface area contributed by atoms with Gasteiger partial charge in [-0.05, 0) is 25.0 Å². The van der Waals surface area contributed by atoms with Gasteiger partial charge in [0.1, 0.15) is 0 Å². The average Bonchev–Trinajstić information content (AvgIpc) is 3.14. The summed E-state index contributed by atoms with van der Waals surface area (Å²) in [7, 11) is 2.06. The fourth-order valence-electron chi connectivity index (χ4n) is 1.83. The minimum atomic E-state index is 0.738. The smallest absolute Gasteiger partial charge is 0.189 e. The normalized spacial score (nSPS) is 14.7. The SMILES string of the molecule is CN(c1ccccc1)c1nc(CNC2CC2)cs1. The number of anilines is 2. The number of hydrogen-bond acceptors (Lipinski definition) is 4. The van der Waals surface area contributed by atoms with Crippen LogP contribution in [0.3, 0.4) is 0 Å². The van der Waals surface area contributed by atoms with Gasteiger partial charge in [-0.2, -0.15) is 0 Å². The van der Waals surface area contributed by atoms with Crippen molar-refractivity contribution in [1.29, 1.82) is 0 Å². The van der Waals surface area contributed by atoms with Crippen LogP contribution in [0.4, 0.5) is 10.8 Å². The van der Waals surface area contributed by atoms with Gasteiger partial charge in [-0.15, -0.1) is 11.3 Å². The molecular formula is C14H17N3S. The van der Waals surface area contributed by atoms with Gasteiger partial charge in [0.25, 0.3) is 0 Å². The lowest BCUT2D eigenvalue weighted by atomic mass is 10.3. The highest BCUT2D eigenvalue weighted by Crippen LogP contribution is 2.27. The summed E-state index contributed by atoms with van der Waals surface area (Å²) in [6.07, 6.45) is 2.64. The highest BCUT2D eigenvalue weighted by atomic mass is 32.1. The lowest BCUT2D eigenvalue weighted by molar-refractivity contribution is 0.677. The standard InChI is InChI=1S/C14H17N3S/c1-17(13-5-3-2-4-6-13)14-16-12(10-18-14)9-15-11-7-8-11/h2-6,10-11,15H,7-9H2,1H3. The van der Waals surface area contributed by atoms with Gasteiger partial charge in [-0.1, -0.05) is 18.2 Å². The Balaban J connectivity index is 1.68. The number of hydrogen-bond donors (Lipinski definition) is 1. The van der Waals surface area contributed by atoms with Gasteiger partial charge < -0.3 is 10.2 Å². The molecule has 3 nitrogen and oxygen atoms in total. The van der Waals surface area contributed by atoms with Gasteiger partial charge in [0.05, 0.1) is 5.69 Å². The molecule has 1 aliphatic rings. The van der Waals surface area contributed by atoms with E-state index in [1.807, 2.05) is 6.07 Å². The maximum absolute atomic E-state index is 4.67. The van der Waals surface area contributed by atoms with Crippen LogP contribution in [0.15, 0.2) is 35.7 Å². The summed E-state index contributed by atoms with van der Waals surface area (Å²) in [5.74, 6) is 0.